The van der Waals surface area contributed by atoms with Gasteiger partial charge in [0.25, 0.3) is 0 Å². The van der Waals surface area contributed by atoms with Crippen molar-refractivity contribution in [1.82, 2.24) is 4.72 Å². The van der Waals surface area contributed by atoms with Gasteiger partial charge in [-0.25, -0.2) is 22.7 Å². The zero-order valence-electron chi connectivity index (χ0n) is 15.9. The molecule has 9 heteroatoms. The van der Waals surface area contributed by atoms with Crippen LogP contribution < -0.4 is 10.3 Å². The molecule has 0 saturated heterocycles. The number of esters is 1. The maximum Gasteiger partial charge on any atom is 0.350 e. The molecule has 0 aliphatic heterocycles. The Kier molecular flexibility index (Phi) is 5.05. The molecule has 2 aromatic heterocycles. The smallest absolute Gasteiger partial charge is 0.350 e. The third-order valence-electron chi connectivity index (χ3n) is 4.81. The van der Waals surface area contributed by atoms with Crippen molar-refractivity contribution in [3.8, 4) is 0 Å². The highest BCUT2D eigenvalue weighted by atomic mass is 32.2. The maximum atomic E-state index is 12.6. The van der Waals surface area contributed by atoms with Gasteiger partial charge in [-0.15, -0.1) is 11.3 Å². The molecule has 0 atom stereocenters. The quantitative estimate of drug-likeness (QED) is 0.473. The average Bonchev–Trinajstić information content (AvgIpc) is 3.30. The molecule has 1 aromatic carbocycles. The molecule has 3 aromatic rings. The Morgan fingerprint density at radius 3 is 2.69 bits per heavy atom. The molecule has 0 radical (unpaired) electrons. The number of sulfonamides is 1. The summed E-state index contributed by atoms with van der Waals surface area (Å²) in [4.78, 5) is 24.4. The first-order valence-corrected chi connectivity index (χ1v) is 11.4. The maximum absolute atomic E-state index is 12.6. The van der Waals surface area contributed by atoms with Crippen LogP contribution in [0.25, 0.3) is 11.0 Å². The summed E-state index contributed by atoms with van der Waals surface area (Å²) >= 11 is 1.00. The number of thiophene rings is 1. The summed E-state index contributed by atoms with van der Waals surface area (Å²) < 4.78 is 38.1. The van der Waals surface area contributed by atoms with Crippen molar-refractivity contribution >= 4 is 38.3 Å². The largest absolute Gasteiger partial charge is 0.457 e. The van der Waals surface area contributed by atoms with Crippen molar-refractivity contribution in [2.75, 3.05) is 0 Å². The van der Waals surface area contributed by atoms with Gasteiger partial charge < -0.3 is 9.15 Å². The highest BCUT2D eigenvalue weighted by Crippen LogP contribution is 2.28. The van der Waals surface area contributed by atoms with E-state index in [9.17, 15) is 18.0 Å². The van der Waals surface area contributed by atoms with Crippen LogP contribution in [0.5, 0.6) is 0 Å². The van der Waals surface area contributed by atoms with E-state index in [0.717, 1.165) is 35.3 Å². The fourth-order valence-electron chi connectivity index (χ4n) is 2.95. The molecule has 1 fully saturated rings. The number of ether oxygens (including phenoxy) is 1. The van der Waals surface area contributed by atoms with Gasteiger partial charge in [0.1, 0.15) is 22.0 Å². The van der Waals surface area contributed by atoms with E-state index < -0.39 is 21.6 Å². The Morgan fingerprint density at radius 2 is 1.97 bits per heavy atom. The lowest BCUT2D eigenvalue weighted by molar-refractivity contribution is 0.0475. The summed E-state index contributed by atoms with van der Waals surface area (Å²) in [5.41, 5.74) is 2.37. The summed E-state index contributed by atoms with van der Waals surface area (Å²) in [5.74, 6) is -0.749. The number of hydrogen-bond donors (Lipinski definition) is 1. The Hall–Kier alpha value is -2.49. The molecule has 0 amide bonds. The van der Waals surface area contributed by atoms with Crippen LogP contribution in [-0.2, 0) is 21.4 Å². The Balaban J connectivity index is 1.59. The van der Waals surface area contributed by atoms with Crippen molar-refractivity contribution in [3.63, 3.8) is 0 Å². The minimum atomic E-state index is -3.77. The first kappa shape index (κ1) is 19.8. The number of aryl methyl sites for hydroxylation is 2. The summed E-state index contributed by atoms with van der Waals surface area (Å²) in [7, 11) is -3.77. The van der Waals surface area contributed by atoms with E-state index in [1.807, 2.05) is 19.9 Å². The molecule has 1 N–H and O–H groups in total. The third kappa shape index (κ3) is 4.12. The van der Waals surface area contributed by atoms with E-state index in [1.165, 1.54) is 17.5 Å². The van der Waals surface area contributed by atoms with E-state index >= 15 is 0 Å². The molecule has 1 aliphatic carbocycles. The van der Waals surface area contributed by atoms with E-state index in [1.54, 1.807) is 6.07 Å². The molecule has 152 valence electrons. The first-order valence-electron chi connectivity index (χ1n) is 9.05. The molecule has 0 unspecified atom stereocenters. The fourth-order valence-corrected chi connectivity index (χ4v) is 5.57. The predicted molar refractivity (Wildman–Crippen MR) is 109 cm³/mol. The normalized spacial score (nSPS) is 14.3. The van der Waals surface area contributed by atoms with E-state index in [4.69, 9.17) is 9.15 Å². The van der Waals surface area contributed by atoms with E-state index in [-0.39, 0.29) is 22.4 Å². The molecule has 0 bridgehead atoms. The van der Waals surface area contributed by atoms with Gasteiger partial charge in [0.2, 0.25) is 10.0 Å². The van der Waals surface area contributed by atoms with Crippen LogP contribution in [0.3, 0.4) is 0 Å². The van der Waals surface area contributed by atoms with Gasteiger partial charge in [0.05, 0.1) is 0 Å². The number of carbonyl (C=O) groups is 1. The minimum absolute atomic E-state index is 0.0115. The highest BCUT2D eigenvalue weighted by Gasteiger charge is 2.31. The average molecular weight is 434 g/mol. The number of benzene rings is 1. The zero-order chi connectivity index (χ0) is 20.8. The van der Waals surface area contributed by atoms with Gasteiger partial charge in [0.15, 0.2) is 0 Å². The Morgan fingerprint density at radius 1 is 1.24 bits per heavy atom. The molecule has 1 aliphatic rings. The van der Waals surface area contributed by atoms with Crippen LogP contribution in [0.4, 0.5) is 0 Å². The number of carbonyl (C=O) groups excluding carboxylic acids is 1. The molecule has 7 nitrogen and oxygen atoms in total. The molecule has 0 spiro atoms. The molecule has 1 saturated carbocycles. The molecular formula is C20H19NO6S2. The molecular weight excluding hydrogens is 414 g/mol. The number of rotatable bonds is 6. The van der Waals surface area contributed by atoms with E-state index in [2.05, 4.69) is 4.72 Å². The van der Waals surface area contributed by atoms with Crippen molar-refractivity contribution < 1.29 is 22.4 Å². The van der Waals surface area contributed by atoms with Crippen molar-refractivity contribution in [1.29, 1.82) is 0 Å². The van der Waals surface area contributed by atoms with Crippen LogP contribution >= 0.6 is 11.3 Å². The number of fused-ring (bicyclic) bond motifs is 1. The van der Waals surface area contributed by atoms with Crippen LogP contribution in [0.1, 0.15) is 39.2 Å². The van der Waals surface area contributed by atoms with Crippen LogP contribution in [0, 0.1) is 13.8 Å². The van der Waals surface area contributed by atoms with Crippen molar-refractivity contribution in [2.45, 2.75) is 44.2 Å². The predicted octanol–water partition coefficient (Wildman–Crippen LogP) is 3.27. The van der Waals surface area contributed by atoms with Gasteiger partial charge in [-0.1, -0.05) is 0 Å². The lowest BCUT2D eigenvalue weighted by Crippen LogP contribution is -2.26. The van der Waals surface area contributed by atoms with Crippen molar-refractivity contribution in [3.05, 3.63) is 61.6 Å². The minimum Gasteiger partial charge on any atom is -0.457 e. The SMILES string of the molecule is Cc1cc2oc(=O)cc(COC(=O)c3sccc3S(=O)(=O)NC3CC3)c2cc1C. The lowest BCUT2D eigenvalue weighted by atomic mass is 10.0. The van der Waals surface area contributed by atoms with E-state index in [0.29, 0.717) is 16.5 Å². The fraction of sp³-hybridized carbons (Fsp3) is 0.300. The second kappa shape index (κ2) is 7.40. The summed E-state index contributed by atoms with van der Waals surface area (Å²) in [6, 6.07) is 6.25. The molecule has 4 rings (SSSR count). The topological polar surface area (TPSA) is 103 Å². The van der Waals surface area contributed by atoms with Gasteiger partial charge in [-0.2, -0.15) is 0 Å². The molecule has 29 heavy (non-hydrogen) atoms. The standard InChI is InChI=1S/C20H19NO6S2/c1-11-7-15-13(9-18(22)27-16(15)8-12(11)2)10-26-20(23)19-17(5-6-28-19)29(24,25)21-14-3-4-14/h5-9,14,21H,3-4,10H2,1-2H3. The van der Waals surface area contributed by atoms with Crippen molar-refractivity contribution in [2.24, 2.45) is 0 Å². The first-order chi connectivity index (χ1) is 13.7. The van der Waals surface area contributed by atoms with Crippen LogP contribution in [-0.4, -0.2) is 20.4 Å². The van der Waals surface area contributed by atoms with Crippen LogP contribution in [0.2, 0.25) is 0 Å². The second-order valence-corrected chi connectivity index (χ2v) is 9.71. The second-order valence-electron chi connectivity index (χ2n) is 7.11. The van der Waals surface area contributed by atoms with Gasteiger partial charge in [-0.3, -0.25) is 0 Å². The number of hydrogen-bond acceptors (Lipinski definition) is 7. The van der Waals surface area contributed by atoms with Crippen LogP contribution in [0.15, 0.2) is 43.8 Å². The third-order valence-corrected chi connectivity index (χ3v) is 7.39. The van der Waals surface area contributed by atoms with Gasteiger partial charge in [-0.05, 0) is 61.4 Å². The monoisotopic (exact) mass is 433 g/mol. The molecule has 2 heterocycles. The zero-order valence-corrected chi connectivity index (χ0v) is 17.5. The Labute approximate surface area is 171 Å². The van der Waals surface area contributed by atoms with Gasteiger partial charge >= 0.3 is 11.6 Å². The summed E-state index contributed by atoms with van der Waals surface area (Å²) in [5, 5.41) is 2.21. The highest BCUT2D eigenvalue weighted by molar-refractivity contribution is 7.89. The summed E-state index contributed by atoms with van der Waals surface area (Å²) in [6.07, 6.45) is 1.59. The number of nitrogens with one attached hydrogen (secondary N) is 1. The Bertz CT molecular complexity index is 1270. The lowest BCUT2D eigenvalue weighted by Gasteiger charge is -2.10. The van der Waals surface area contributed by atoms with Gasteiger partial charge in [0, 0.05) is 23.1 Å². The summed E-state index contributed by atoms with van der Waals surface area (Å²) in [6.45, 7) is 3.68.